The van der Waals surface area contributed by atoms with Crippen LogP contribution in [-0.2, 0) is 10.1 Å². The summed E-state index contributed by atoms with van der Waals surface area (Å²) in [6, 6.07) is 29.4. The summed E-state index contributed by atoms with van der Waals surface area (Å²) in [5, 5.41) is 10.4. The molecule has 6 nitrogen and oxygen atoms in total. The first-order valence-electron chi connectivity index (χ1n) is 11.0. The van der Waals surface area contributed by atoms with E-state index in [-0.39, 0.29) is 0 Å². The maximum Gasteiger partial charge on any atom is 0.261 e. The average Bonchev–Trinajstić information content (AvgIpc) is 3.23. The van der Waals surface area contributed by atoms with Gasteiger partial charge in [-0.3, -0.25) is 4.55 Å². The molecule has 0 saturated heterocycles. The van der Waals surface area contributed by atoms with Crippen molar-refractivity contribution in [1.82, 2.24) is 0 Å². The molecule has 0 spiro atoms. The predicted molar refractivity (Wildman–Crippen MR) is 147 cm³/mol. The summed E-state index contributed by atoms with van der Waals surface area (Å²) < 4.78 is 25.9. The predicted octanol–water partition coefficient (Wildman–Crippen LogP) is 6.19. The standard InChI is InChI=1S/C27H19N3.CH4O3S/c28-27(30-25-14-13-18-12-11-17-7-3-9-22(25)26(17)18)29-24-10-4-8-21-15-19-5-1-2-6-20(19)16-23(21)24;1-5(2,3)4/h1-16H,(H3,28,29,30);1H3,(H,2,3,4). The number of rotatable bonds is 2. The van der Waals surface area contributed by atoms with Gasteiger partial charge in [-0.2, -0.15) is 8.42 Å². The fourth-order valence-corrected chi connectivity index (χ4v) is 4.37. The molecule has 0 aromatic heterocycles. The second kappa shape index (κ2) is 8.87. The molecule has 7 heteroatoms. The molecule has 0 fully saturated rings. The second-order valence-electron chi connectivity index (χ2n) is 8.36. The third kappa shape index (κ3) is 4.87. The first-order valence-corrected chi connectivity index (χ1v) is 12.8. The Morgan fingerprint density at radius 2 is 1.43 bits per heavy atom. The van der Waals surface area contributed by atoms with E-state index >= 15 is 0 Å². The molecule has 5 aromatic rings. The molecule has 0 saturated carbocycles. The minimum atomic E-state index is -3.67. The van der Waals surface area contributed by atoms with Crippen LogP contribution in [0.2, 0.25) is 0 Å². The van der Waals surface area contributed by atoms with Crippen LogP contribution in [0, 0.1) is 0 Å². The topological polar surface area (TPSA) is 105 Å². The molecule has 5 aromatic carbocycles. The lowest BCUT2D eigenvalue weighted by atomic mass is 10.0. The molecule has 0 amide bonds. The molecule has 0 atom stereocenters. The molecule has 4 N–H and O–H groups in total. The van der Waals surface area contributed by atoms with Crippen molar-refractivity contribution >= 4 is 71.9 Å². The fourth-order valence-electron chi connectivity index (χ4n) is 4.37. The third-order valence-electron chi connectivity index (χ3n) is 5.77. The van der Waals surface area contributed by atoms with E-state index < -0.39 is 10.1 Å². The van der Waals surface area contributed by atoms with Gasteiger partial charge in [-0.25, -0.2) is 4.99 Å². The summed E-state index contributed by atoms with van der Waals surface area (Å²) in [6.07, 6.45) is 5.02. The molecule has 0 bridgehead atoms. The van der Waals surface area contributed by atoms with Gasteiger partial charge in [0.2, 0.25) is 0 Å². The van der Waals surface area contributed by atoms with Crippen LogP contribution in [-0.4, -0.2) is 25.2 Å². The molecule has 35 heavy (non-hydrogen) atoms. The van der Waals surface area contributed by atoms with Crippen molar-refractivity contribution < 1.29 is 13.0 Å². The van der Waals surface area contributed by atoms with Crippen LogP contribution >= 0.6 is 0 Å². The largest absolute Gasteiger partial charge is 0.369 e. The van der Waals surface area contributed by atoms with E-state index in [1.54, 1.807) is 0 Å². The van der Waals surface area contributed by atoms with Crippen molar-refractivity contribution in [2.75, 3.05) is 11.6 Å². The highest BCUT2D eigenvalue weighted by Crippen LogP contribution is 2.35. The van der Waals surface area contributed by atoms with Crippen molar-refractivity contribution in [2.24, 2.45) is 10.7 Å². The van der Waals surface area contributed by atoms with Gasteiger partial charge in [0, 0.05) is 16.5 Å². The van der Waals surface area contributed by atoms with E-state index in [9.17, 15) is 8.42 Å². The van der Waals surface area contributed by atoms with Gasteiger partial charge in [0.05, 0.1) is 11.9 Å². The summed E-state index contributed by atoms with van der Waals surface area (Å²) in [6.45, 7) is 0. The summed E-state index contributed by atoms with van der Waals surface area (Å²) in [5.41, 5.74) is 10.6. The van der Waals surface area contributed by atoms with E-state index in [4.69, 9.17) is 15.3 Å². The molecular formula is C28H23N3O3S. The SMILES string of the molecule is CS(=O)(=O)O.NC(=Nc1cccc2cc3ccccc3cc12)Nc1ccc2c3c(cccc13)C=C2. The zero-order chi connectivity index (χ0) is 24.6. The Hall–Kier alpha value is -4.20. The summed E-state index contributed by atoms with van der Waals surface area (Å²) in [5.74, 6) is 0.377. The minimum absolute atomic E-state index is 0.377. The number of nitrogens with zero attached hydrogens (tertiary/aromatic N) is 1. The lowest BCUT2D eigenvalue weighted by Crippen LogP contribution is -2.22. The van der Waals surface area contributed by atoms with Crippen LogP contribution in [0.5, 0.6) is 0 Å². The van der Waals surface area contributed by atoms with Crippen molar-refractivity contribution in [1.29, 1.82) is 0 Å². The number of benzene rings is 5. The van der Waals surface area contributed by atoms with Crippen LogP contribution in [0.3, 0.4) is 0 Å². The fraction of sp³-hybridized carbons (Fsp3) is 0.0357. The molecule has 6 rings (SSSR count). The number of guanidine groups is 1. The van der Waals surface area contributed by atoms with Gasteiger partial charge in [0.15, 0.2) is 5.96 Å². The smallest absolute Gasteiger partial charge is 0.261 e. The molecule has 1 aliphatic rings. The Balaban J connectivity index is 0.000000464. The monoisotopic (exact) mass is 481 g/mol. The van der Waals surface area contributed by atoms with Crippen molar-refractivity contribution in [3.05, 3.63) is 96.1 Å². The number of hydrogen-bond donors (Lipinski definition) is 3. The molecular weight excluding hydrogens is 458 g/mol. The van der Waals surface area contributed by atoms with E-state index in [1.165, 1.54) is 27.3 Å². The highest BCUT2D eigenvalue weighted by atomic mass is 32.2. The molecule has 0 aliphatic heterocycles. The van der Waals surface area contributed by atoms with E-state index in [0.717, 1.165) is 27.5 Å². The number of fused-ring (bicyclic) bond motifs is 2. The second-order valence-corrected chi connectivity index (χ2v) is 9.82. The summed E-state index contributed by atoms with van der Waals surface area (Å²) in [7, 11) is -3.67. The zero-order valence-electron chi connectivity index (χ0n) is 18.9. The van der Waals surface area contributed by atoms with Gasteiger partial charge < -0.3 is 11.1 Å². The van der Waals surface area contributed by atoms with Gasteiger partial charge in [0.25, 0.3) is 10.1 Å². The van der Waals surface area contributed by atoms with Crippen LogP contribution in [0.1, 0.15) is 11.1 Å². The normalized spacial score (nSPS) is 12.7. The average molecular weight is 482 g/mol. The first kappa shape index (κ1) is 22.6. The Morgan fingerprint density at radius 3 is 2.17 bits per heavy atom. The molecule has 0 heterocycles. The number of nitrogens with two attached hydrogens (primary N) is 1. The lowest BCUT2D eigenvalue weighted by Gasteiger charge is -2.12. The molecule has 0 unspecified atom stereocenters. The van der Waals surface area contributed by atoms with Crippen LogP contribution < -0.4 is 11.1 Å². The lowest BCUT2D eigenvalue weighted by molar-refractivity contribution is 0.490. The highest BCUT2D eigenvalue weighted by molar-refractivity contribution is 7.85. The first-order chi connectivity index (χ1) is 16.8. The van der Waals surface area contributed by atoms with Gasteiger partial charge in [-0.15, -0.1) is 0 Å². The number of nitrogens with one attached hydrogen (secondary N) is 1. The van der Waals surface area contributed by atoms with Crippen LogP contribution in [0.4, 0.5) is 11.4 Å². The van der Waals surface area contributed by atoms with E-state index in [2.05, 4.69) is 90.3 Å². The van der Waals surface area contributed by atoms with Gasteiger partial charge in [-0.05, 0) is 56.9 Å². The van der Waals surface area contributed by atoms with Gasteiger partial charge in [-0.1, -0.05) is 72.8 Å². The molecule has 1 aliphatic carbocycles. The van der Waals surface area contributed by atoms with Crippen molar-refractivity contribution in [2.45, 2.75) is 0 Å². The minimum Gasteiger partial charge on any atom is -0.369 e. The van der Waals surface area contributed by atoms with Crippen LogP contribution in [0.15, 0.2) is 89.9 Å². The highest BCUT2D eigenvalue weighted by Gasteiger charge is 2.12. The zero-order valence-corrected chi connectivity index (χ0v) is 19.8. The molecule has 0 radical (unpaired) electrons. The van der Waals surface area contributed by atoms with Gasteiger partial charge >= 0.3 is 0 Å². The number of hydrogen-bond acceptors (Lipinski definition) is 3. The summed E-state index contributed by atoms with van der Waals surface area (Å²) >= 11 is 0. The molecule has 174 valence electrons. The number of aliphatic imine (C=N–C) groups is 1. The Kier molecular flexibility index (Phi) is 5.72. The van der Waals surface area contributed by atoms with Crippen molar-refractivity contribution in [3.63, 3.8) is 0 Å². The van der Waals surface area contributed by atoms with Crippen LogP contribution in [0.25, 0.3) is 44.5 Å². The summed E-state index contributed by atoms with van der Waals surface area (Å²) in [4.78, 5) is 4.72. The number of anilines is 1. The Labute approximate surface area is 203 Å². The Bertz CT molecular complexity index is 1750. The van der Waals surface area contributed by atoms with E-state index in [0.29, 0.717) is 12.2 Å². The Morgan fingerprint density at radius 1 is 0.800 bits per heavy atom. The maximum atomic E-state index is 9.19. The maximum absolute atomic E-state index is 9.19. The van der Waals surface area contributed by atoms with E-state index in [1.807, 2.05) is 12.1 Å². The van der Waals surface area contributed by atoms with Gasteiger partial charge in [0.1, 0.15) is 0 Å². The van der Waals surface area contributed by atoms with Crippen molar-refractivity contribution in [3.8, 4) is 0 Å². The quantitative estimate of drug-likeness (QED) is 0.118. The third-order valence-corrected chi connectivity index (χ3v) is 5.77.